The number of benzene rings is 3. The van der Waals surface area contributed by atoms with E-state index in [9.17, 15) is 57.4 Å². The van der Waals surface area contributed by atoms with Crippen LogP contribution in [0.2, 0.25) is 0 Å². The minimum atomic E-state index is -1.23. The van der Waals surface area contributed by atoms with E-state index in [0.717, 1.165) is 0 Å². The Balaban J connectivity index is 0.509. The van der Waals surface area contributed by atoms with Crippen LogP contribution in [0.3, 0.4) is 0 Å². The van der Waals surface area contributed by atoms with E-state index in [1.165, 1.54) is 73.5 Å². The molecule has 9 amide bonds. The van der Waals surface area contributed by atoms with Gasteiger partial charge in [-0.15, -0.1) is 0 Å². The number of aromatic amines is 2. The van der Waals surface area contributed by atoms with Crippen molar-refractivity contribution in [2.45, 2.75) is 52.6 Å². The van der Waals surface area contributed by atoms with Crippen molar-refractivity contribution in [3.05, 3.63) is 184 Å². The van der Waals surface area contributed by atoms with Crippen LogP contribution in [-0.2, 0) is 78.9 Å². The van der Waals surface area contributed by atoms with Crippen molar-refractivity contribution in [3.63, 3.8) is 0 Å². The topological polar surface area (TPSA) is 459 Å². The Bertz CT molecular complexity index is 5250. The summed E-state index contributed by atoms with van der Waals surface area (Å²) >= 11 is 0. The Kier molecular flexibility index (Phi) is 30.0. The molecule has 38 heteroatoms. The highest BCUT2D eigenvalue weighted by atomic mass is 19.1. The van der Waals surface area contributed by atoms with Crippen LogP contribution in [-0.4, -0.2) is 205 Å². The summed E-state index contributed by atoms with van der Waals surface area (Å²) < 4.78 is 61.6. The molecule has 0 aliphatic rings. The number of fused-ring (bicyclic) bond motifs is 1. The highest BCUT2D eigenvalue weighted by Crippen LogP contribution is 2.41. The normalized spacial score (nSPS) is 11.3. The van der Waals surface area contributed by atoms with Crippen molar-refractivity contribution >= 4 is 92.8 Å². The molecule has 7 aromatic heterocycles. The van der Waals surface area contributed by atoms with Gasteiger partial charge in [0.2, 0.25) is 29.4 Å². The molecule has 0 saturated carbocycles. The number of halogens is 1. The second-order valence-electron chi connectivity index (χ2n) is 27.4. The molecule has 10 aromatic rings. The summed E-state index contributed by atoms with van der Waals surface area (Å²) in [5.41, 5.74) is 2.87. The van der Waals surface area contributed by atoms with Crippen molar-refractivity contribution in [3.8, 4) is 28.4 Å². The molecule has 37 nitrogen and oxygen atoms in total. The number of pyridine rings is 1. The molecule has 0 bridgehead atoms. The van der Waals surface area contributed by atoms with Gasteiger partial charge < -0.3 is 119 Å². The number of aryl methyl sites for hydroxylation is 7. The van der Waals surface area contributed by atoms with E-state index in [1.54, 1.807) is 128 Å². The number of imidazole rings is 3. The summed E-state index contributed by atoms with van der Waals surface area (Å²) in [7, 11) is 8.02. The molecule has 7 heterocycles. The average Bonchev–Trinajstić information content (AvgIpc) is 1.70. The molecular weight excluding hydrogens is 1520 g/mol. The summed E-state index contributed by atoms with van der Waals surface area (Å²) in [6.45, 7) is 10.4. The molecule has 0 radical (unpaired) electrons. The molecule has 0 atom stereocenters. The Hall–Kier alpha value is -13.1. The highest BCUT2D eigenvalue weighted by molar-refractivity contribution is 6.09. The summed E-state index contributed by atoms with van der Waals surface area (Å²) in [5.74, 6) is -3.23. The molecule has 12 N–H and O–H groups in total. The van der Waals surface area contributed by atoms with Gasteiger partial charge in [0.1, 0.15) is 52.3 Å². The fourth-order valence-corrected chi connectivity index (χ4v) is 11.9. The first-order valence-corrected chi connectivity index (χ1v) is 37.2. The van der Waals surface area contributed by atoms with Crippen molar-refractivity contribution < 1.29 is 85.8 Å². The van der Waals surface area contributed by atoms with Gasteiger partial charge in [0.05, 0.1) is 83.0 Å². The van der Waals surface area contributed by atoms with Crippen LogP contribution in [0.5, 0.6) is 17.2 Å². The SMILES string of the molecule is Cc1cc(F)cc(C)c1Oc1ccc(C(C)(C)O)cc1-c1c[nH]c(=O)c2[nH]c(C(=O)Nc3ccc(OCCOCCOCCOCCOCCOCCNC(=O)CCNC(=O)c4nc(NC(=O)CCNC(=O)c5cc(NC(=O)c6nc(NC(=O)CCNC(=O)c7cc(NC(=O)c8nccn8C)cn7C)cn6C)cn5C)cn4C)cc3)cc12. The fourth-order valence-electron chi connectivity index (χ4n) is 11.9. The van der Waals surface area contributed by atoms with Gasteiger partial charge in [0.15, 0.2) is 17.5 Å². The number of rotatable bonds is 43. The Morgan fingerprint density at radius 2 is 0.991 bits per heavy atom. The zero-order valence-electron chi connectivity index (χ0n) is 66.0. The van der Waals surface area contributed by atoms with Gasteiger partial charge in [-0.2, -0.15) is 0 Å². The molecule has 0 unspecified atom stereocenters. The summed E-state index contributed by atoms with van der Waals surface area (Å²) in [6, 6.07) is 19.2. The van der Waals surface area contributed by atoms with E-state index in [-0.39, 0.29) is 122 Å². The van der Waals surface area contributed by atoms with Crippen LogP contribution in [0, 0.1) is 19.7 Å². The number of ether oxygens (including phenoxy) is 7. The summed E-state index contributed by atoms with van der Waals surface area (Å²) in [6.07, 6.45) is 10.3. The molecular formula is C79H94FN19O18. The monoisotopic (exact) mass is 1620 g/mol. The number of carbonyl (C=O) groups is 9. The lowest BCUT2D eigenvalue weighted by atomic mass is 9.93. The zero-order valence-corrected chi connectivity index (χ0v) is 66.0. The number of hydrogen-bond donors (Lipinski definition) is 12. The third-order valence-electron chi connectivity index (χ3n) is 17.8. The first-order chi connectivity index (χ1) is 56.0. The van der Waals surface area contributed by atoms with Crippen LogP contribution in [0.15, 0.2) is 121 Å². The fraction of sp³-hybridized carbons (Fsp3) is 0.354. The highest BCUT2D eigenvalue weighted by Gasteiger charge is 2.26. The third-order valence-corrected chi connectivity index (χ3v) is 17.8. The van der Waals surface area contributed by atoms with Crippen LogP contribution >= 0.6 is 0 Å². The maximum Gasteiger partial charge on any atom is 0.291 e. The number of anilines is 5. The second-order valence-corrected chi connectivity index (χ2v) is 27.4. The van der Waals surface area contributed by atoms with Crippen LogP contribution in [0.25, 0.3) is 22.0 Å². The number of nitrogens with zero attached hydrogens (tertiary/aromatic N) is 8. The van der Waals surface area contributed by atoms with Gasteiger partial charge in [-0.05, 0) is 111 Å². The predicted octanol–water partition coefficient (Wildman–Crippen LogP) is 5.85. The number of carbonyl (C=O) groups excluding carboxylic acids is 9. The van der Waals surface area contributed by atoms with Crippen molar-refractivity contribution in [1.82, 2.24) is 69.0 Å². The van der Waals surface area contributed by atoms with Gasteiger partial charge in [0.25, 0.3) is 41.0 Å². The smallest absolute Gasteiger partial charge is 0.291 e. The Morgan fingerprint density at radius 1 is 0.496 bits per heavy atom. The lowest BCUT2D eigenvalue weighted by Crippen LogP contribution is -2.33. The van der Waals surface area contributed by atoms with Gasteiger partial charge in [-0.3, -0.25) is 47.9 Å². The maximum atomic E-state index is 14.2. The van der Waals surface area contributed by atoms with E-state index >= 15 is 0 Å². The Labute approximate surface area is 670 Å². The molecule has 0 aliphatic heterocycles. The first kappa shape index (κ1) is 86.3. The Morgan fingerprint density at radius 3 is 1.52 bits per heavy atom. The van der Waals surface area contributed by atoms with E-state index in [4.69, 9.17) is 33.2 Å². The van der Waals surface area contributed by atoms with Gasteiger partial charge >= 0.3 is 0 Å². The number of amides is 9. The number of H-pyrrole nitrogens is 2. The third kappa shape index (κ3) is 24.5. The zero-order chi connectivity index (χ0) is 83.9. The van der Waals surface area contributed by atoms with Crippen molar-refractivity contribution in [2.24, 2.45) is 35.2 Å². The minimum Gasteiger partial charge on any atom is -0.491 e. The molecule has 10 rings (SSSR count). The molecule has 0 fully saturated rings. The minimum absolute atomic E-state index is 0.00614. The van der Waals surface area contributed by atoms with E-state index in [0.29, 0.717) is 121 Å². The molecule has 0 aliphatic carbocycles. The van der Waals surface area contributed by atoms with Crippen molar-refractivity contribution in [1.29, 1.82) is 0 Å². The largest absolute Gasteiger partial charge is 0.491 e. The van der Waals surface area contributed by atoms with Crippen LogP contribution < -0.4 is 62.9 Å². The number of aliphatic hydroxyl groups is 1. The number of aromatic nitrogens is 10. The van der Waals surface area contributed by atoms with Crippen LogP contribution in [0.4, 0.5) is 33.1 Å². The quantitative estimate of drug-likeness (QED) is 0.0199. The van der Waals surface area contributed by atoms with E-state index in [1.807, 2.05) is 0 Å². The molecule has 0 spiro atoms. The predicted molar refractivity (Wildman–Crippen MR) is 427 cm³/mol. The maximum absolute atomic E-state index is 14.2. The van der Waals surface area contributed by atoms with Gasteiger partial charge in [0, 0.05) is 146 Å². The average molecular weight is 1620 g/mol. The summed E-state index contributed by atoms with van der Waals surface area (Å²) in [4.78, 5) is 148. The van der Waals surface area contributed by atoms with E-state index < -0.39 is 64.2 Å². The first-order valence-electron chi connectivity index (χ1n) is 37.2. The molecule has 620 valence electrons. The number of nitrogens with one attached hydrogen (secondary N) is 11. The lowest BCUT2D eigenvalue weighted by molar-refractivity contribution is -0.121. The molecule has 3 aromatic carbocycles. The second kappa shape index (κ2) is 40.7. The van der Waals surface area contributed by atoms with E-state index in [2.05, 4.69) is 72.8 Å². The lowest BCUT2D eigenvalue weighted by Gasteiger charge is -2.21. The number of hydrogen-bond acceptors (Lipinski definition) is 21. The molecule has 117 heavy (non-hydrogen) atoms. The molecule has 0 saturated heterocycles. The standard InChI is InChI=1S/C79H94FN19O18/c1-47-36-50(80)37-48(2)68(47)117-61-15-10-49(79(3,4)110)38-55(61)57-42-86-75(106)67-56(57)41-58(90-67)72(103)87-51-11-13-54(14-12-51)116-35-34-115-33-32-114-31-30-113-29-28-112-27-26-111-25-23-81-64(100)16-19-85-76(107)70-93-62(45-98(70)8)91-65(101)17-20-84-74(105)60-40-53(44-97(60)7)89-78(109)71-94-63(46-99(71)9)92-66(102)18-21-83-73(104)59-39-52(43-96(59)6)88-77(108)69-82-22-24-95(69)5/h10-15,22,24,36-46,90,110H,16-21,23,25-35H2,1-9H3,(H,81,100)(H,83,104)(H,84,105)(H,85,107)(H,86,106)(H,87,103)(H,88,108)(H,89,109)(H,91,101)(H,92,102). The summed E-state index contributed by atoms with van der Waals surface area (Å²) in [5, 5.41) is 35.5. The van der Waals surface area contributed by atoms with Gasteiger partial charge in [-0.25, -0.2) is 19.3 Å². The van der Waals surface area contributed by atoms with Crippen LogP contribution in [0.1, 0.15) is 113 Å². The van der Waals surface area contributed by atoms with Gasteiger partial charge in [-0.1, -0.05) is 6.07 Å². The van der Waals surface area contributed by atoms with Crippen molar-refractivity contribution in [2.75, 3.05) is 125 Å².